The first-order valence-electron chi connectivity index (χ1n) is 8.54. The van der Waals surface area contributed by atoms with Crippen molar-refractivity contribution in [2.24, 2.45) is 0 Å². The summed E-state index contributed by atoms with van der Waals surface area (Å²) in [5.41, 5.74) is 2.13. The number of hydrogen-bond acceptors (Lipinski definition) is 6. The van der Waals surface area contributed by atoms with Crippen molar-refractivity contribution >= 4 is 17.2 Å². The van der Waals surface area contributed by atoms with Crippen LogP contribution in [0.5, 0.6) is 17.4 Å². The lowest BCUT2D eigenvalue weighted by Crippen LogP contribution is -2.16. The largest absolute Gasteiger partial charge is 0.480 e. The zero-order valence-corrected chi connectivity index (χ0v) is 15.3. The van der Waals surface area contributed by atoms with Gasteiger partial charge in [-0.15, -0.1) is 5.10 Å². The molecular formula is C20H17N5O3. The second-order valence-electron chi connectivity index (χ2n) is 5.95. The molecule has 1 amide bonds. The van der Waals surface area contributed by atoms with Crippen LogP contribution in [-0.4, -0.2) is 32.6 Å². The summed E-state index contributed by atoms with van der Waals surface area (Å²) in [5.74, 6) is 1.43. The van der Waals surface area contributed by atoms with Gasteiger partial charge in [-0.3, -0.25) is 9.78 Å². The number of hydrogen-bond donors (Lipinski definition) is 1. The van der Waals surface area contributed by atoms with E-state index in [2.05, 4.69) is 20.4 Å². The fourth-order valence-electron chi connectivity index (χ4n) is 2.74. The molecule has 8 nitrogen and oxygen atoms in total. The van der Waals surface area contributed by atoms with Crippen molar-refractivity contribution in [3.63, 3.8) is 0 Å². The summed E-state index contributed by atoms with van der Waals surface area (Å²) in [4.78, 5) is 21.1. The van der Waals surface area contributed by atoms with E-state index in [-0.39, 0.29) is 5.91 Å². The quantitative estimate of drug-likeness (QED) is 0.574. The topological polar surface area (TPSA) is 90.6 Å². The van der Waals surface area contributed by atoms with Crippen LogP contribution in [0.4, 0.5) is 5.69 Å². The first kappa shape index (κ1) is 17.5. The monoisotopic (exact) mass is 375 g/mol. The highest BCUT2D eigenvalue weighted by Crippen LogP contribution is 2.23. The van der Waals surface area contributed by atoms with Gasteiger partial charge >= 0.3 is 0 Å². The van der Waals surface area contributed by atoms with Gasteiger partial charge in [0, 0.05) is 24.1 Å². The van der Waals surface area contributed by atoms with E-state index in [0.717, 1.165) is 0 Å². The third kappa shape index (κ3) is 3.48. The van der Waals surface area contributed by atoms with E-state index in [1.165, 1.54) is 11.6 Å². The Hall–Kier alpha value is -3.94. The number of imidazole rings is 1. The first-order valence-corrected chi connectivity index (χ1v) is 8.54. The number of amides is 1. The van der Waals surface area contributed by atoms with Crippen LogP contribution in [0.2, 0.25) is 0 Å². The number of nitrogens with one attached hydrogen (secondary N) is 1. The van der Waals surface area contributed by atoms with Crippen molar-refractivity contribution in [3.8, 4) is 17.4 Å². The number of benzene rings is 1. The molecule has 8 heteroatoms. The summed E-state index contributed by atoms with van der Waals surface area (Å²) in [7, 11) is 1.52. The van der Waals surface area contributed by atoms with Gasteiger partial charge in [-0.05, 0) is 49.4 Å². The summed E-state index contributed by atoms with van der Waals surface area (Å²) in [6.07, 6.45) is 3.32. The highest BCUT2D eigenvalue weighted by atomic mass is 16.5. The summed E-state index contributed by atoms with van der Waals surface area (Å²) in [6, 6.07) is 14.1. The van der Waals surface area contributed by atoms with Crippen LogP contribution in [0.3, 0.4) is 0 Å². The van der Waals surface area contributed by atoms with Gasteiger partial charge in [0.1, 0.15) is 11.5 Å². The Labute approximate surface area is 160 Å². The maximum atomic E-state index is 12.8. The summed E-state index contributed by atoms with van der Waals surface area (Å²) in [6.45, 7) is 1.77. The van der Waals surface area contributed by atoms with Gasteiger partial charge in [-0.2, -0.15) is 0 Å². The molecule has 0 saturated heterocycles. The molecule has 0 spiro atoms. The lowest BCUT2D eigenvalue weighted by molar-refractivity contribution is 0.101. The number of carbonyl (C=O) groups is 1. The van der Waals surface area contributed by atoms with Gasteiger partial charge in [-0.1, -0.05) is 0 Å². The highest BCUT2D eigenvalue weighted by Gasteiger charge is 2.18. The summed E-state index contributed by atoms with van der Waals surface area (Å²) >= 11 is 0. The number of fused-ring (bicyclic) bond motifs is 1. The van der Waals surface area contributed by atoms with Gasteiger partial charge in [-0.25, -0.2) is 9.50 Å². The van der Waals surface area contributed by atoms with Crippen LogP contribution in [0, 0.1) is 6.92 Å². The third-order valence-corrected chi connectivity index (χ3v) is 4.05. The minimum atomic E-state index is -0.312. The minimum Gasteiger partial charge on any atom is -0.480 e. The molecule has 0 radical (unpaired) electrons. The van der Waals surface area contributed by atoms with Gasteiger partial charge in [0.15, 0.2) is 11.3 Å². The van der Waals surface area contributed by atoms with Crippen molar-refractivity contribution in [3.05, 3.63) is 72.3 Å². The number of aromatic nitrogens is 4. The Morgan fingerprint density at radius 3 is 2.43 bits per heavy atom. The number of aryl methyl sites for hydroxylation is 1. The molecule has 0 saturated carbocycles. The van der Waals surface area contributed by atoms with E-state index in [9.17, 15) is 4.79 Å². The molecule has 0 aliphatic carbocycles. The molecule has 0 aliphatic heterocycles. The van der Waals surface area contributed by atoms with Gasteiger partial charge in [0.2, 0.25) is 5.88 Å². The summed E-state index contributed by atoms with van der Waals surface area (Å²) in [5, 5.41) is 7.14. The fraction of sp³-hybridized carbons (Fsp3) is 0.100. The number of anilines is 1. The number of nitrogens with zero attached hydrogens (tertiary/aromatic N) is 4. The van der Waals surface area contributed by atoms with Gasteiger partial charge in [0.25, 0.3) is 5.91 Å². The van der Waals surface area contributed by atoms with Crippen molar-refractivity contribution < 1.29 is 14.3 Å². The van der Waals surface area contributed by atoms with Gasteiger partial charge in [0.05, 0.1) is 12.8 Å². The lowest BCUT2D eigenvalue weighted by atomic mass is 10.2. The van der Waals surface area contributed by atoms with Gasteiger partial charge < -0.3 is 14.8 Å². The molecular weight excluding hydrogens is 358 g/mol. The first-order chi connectivity index (χ1) is 13.6. The Balaban J connectivity index is 1.54. The van der Waals surface area contributed by atoms with Crippen LogP contribution in [0.25, 0.3) is 5.65 Å². The zero-order valence-electron chi connectivity index (χ0n) is 15.3. The van der Waals surface area contributed by atoms with E-state index < -0.39 is 0 Å². The van der Waals surface area contributed by atoms with E-state index in [1.807, 2.05) is 0 Å². The maximum absolute atomic E-state index is 12.8. The smallest absolute Gasteiger partial charge is 0.276 e. The van der Waals surface area contributed by atoms with Crippen LogP contribution in [0.15, 0.2) is 60.9 Å². The third-order valence-electron chi connectivity index (χ3n) is 4.05. The number of ether oxygens (including phenoxy) is 2. The molecule has 28 heavy (non-hydrogen) atoms. The molecule has 0 fully saturated rings. The summed E-state index contributed by atoms with van der Waals surface area (Å²) < 4.78 is 12.3. The Kier molecular flexibility index (Phi) is 4.59. The molecule has 0 aliphatic rings. The molecule has 1 N–H and O–H groups in total. The normalized spacial score (nSPS) is 10.6. The van der Waals surface area contributed by atoms with E-state index >= 15 is 0 Å². The van der Waals surface area contributed by atoms with Crippen molar-refractivity contribution in [1.82, 2.24) is 19.6 Å². The molecule has 0 atom stereocenters. The molecule has 1 aromatic carbocycles. The molecule has 4 aromatic rings. The average Bonchev–Trinajstić information content (AvgIpc) is 3.05. The Bertz CT molecular complexity index is 1120. The second kappa shape index (κ2) is 7.36. The van der Waals surface area contributed by atoms with Crippen LogP contribution < -0.4 is 14.8 Å². The van der Waals surface area contributed by atoms with E-state index in [1.54, 1.807) is 67.8 Å². The van der Waals surface area contributed by atoms with Crippen LogP contribution in [0.1, 0.15) is 16.2 Å². The molecule has 0 bridgehead atoms. The van der Waals surface area contributed by atoms with Crippen molar-refractivity contribution in [1.29, 1.82) is 0 Å². The van der Waals surface area contributed by atoms with Crippen molar-refractivity contribution in [2.45, 2.75) is 6.92 Å². The van der Waals surface area contributed by atoms with Crippen molar-refractivity contribution in [2.75, 3.05) is 12.4 Å². The average molecular weight is 375 g/mol. The van der Waals surface area contributed by atoms with E-state index in [4.69, 9.17) is 9.47 Å². The highest BCUT2D eigenvalue weighted by molar-refractivity contribution is 6.04. The van der Waals surface area contributed by atoms with E-state index in [0.29, 0.717) is 40.1 Å². The maximum Gasteiger partial charge on any atom is 0.276 e. The van der Waals surface area contributed by atoms with Crippen LogP contribution >= 0.6 is 0 Å². The molecule has 3 aromatic heterocycles. The lowest BCUT2D eigenvalue weighted by Gasteiger charge is -2.08. The number of carbonyl (C=O) groups excluding carboxylic acids is 1. The molecule has 140 valence electrons. The second-order valence-corrected chi connectivity index (χ2v) is 5.95. The SMILES string of the molecule is COc1ccc2nc(C)c(C(=O)Nc3ccc(Oc4ccncc4)cc3)n2n1. The zero-order chi connectivity index (χ0) is 19.5. The fourth-order valence-corrected chi connectivity index (χ4v) is 2.74. The predicted octanol–water partition coefficient (Wildman–Crippen LogP) is 3.49. The molecule has 4 rings (SSSR count). The number of rotatable bonds is 5. The minimum absolute atomic E-state index is 0.312. The Morgan fingerprint density at radius 2 is 1.71 bits per heavy atom. The van der Waals surface area contributed by atoms with Crippen LogP contribution in [-0.2, 0) is 0 Å². The number of pyridine rings is 1. The molecule has 0 unspecified atom stereocenters. The number of methoxy groups -OCH3 is 1. The standard InChI is InChI=1S/C20H17N5O3/c1-13-19(25-17(22-13)7-8-18(24-25)27-2)20(26)23-14-3-5-15(6-4-14)28-16-9-11-21-12-10-16/h3-12H,1-2H3,(H,23,26). The molecule has 3 heterocycles. The Morgan fingerprint density at radius 1 is 1.00 bits per heavy atom. The predicted molar refractivity (Wildman–Crippen MR) is 103 cm³/mol.